The van der Waals surface area contributed by atoms with Crippen LogP contribution >= 0.6 is 34.8 Å². The summed E-state index contributed by atoms with van der Waals surface area (Å²) in [6.45, 7) is 10.8. The van der Waals surface area contributed by atoms with Gasteiger partial charge in [0.1, 0.15) is 11.4 Å². The third kappa shape index (κ3) is 5.83. The summed E-state index contributed by atoms with van der Waals surface area (Å²) in [5, 5.41) is 1.13. The Morgan fingerprint density at radius 1 is 1.12 bits per heavy atom. The molecule has 0 aromatic heterocycles. The molecule has 0 unspecified atom stereocenters. The van der Waals surface area contributed by atoms with E-state index >= 15 is 0 Å². The molecule has 7 heteroatoms. The second-order valence-corrected chi connectivity index (χ2v) is 8.01. The first-order valence-electron chi connectivity index (χ1n) is 8.83. The number of methoxy groups -OCH3 is 1. The first-order chi connectivity index (χ1) is 12.1. The number of hydrogen-bond acceptors (Lipinski definition) is 3. The molecule has 148 valence electrons. The quantitative estimate of drug-likeness (QED) is 0.490. The van der Waals surface area contributed by atoms with Gasteiger partial charge >= 0.3 is 6.09 Å². The van der Waals surface area contributed by atoms with E-state index in [9.17, 15) is 4.79 Å². The number of hydrogen-bond donors (Lipinski definition) is 0. The molecule has 4 nitrogen and oxygen atoms in total. The van der Waals surface area contributed by atoms with Gasteiger partial charge in [-0.05, 0) is 39.5 Å². The molecule has 26 heavy (non-hydrogen) atoms. The number of carbonyl (C=O) groups is 1. The summed E-state index contributed by atoms with van der Waals surface area (Å²) in [6.07, 6.45) is 1.23. The fourth-order valence-corrected chi connectivity index (χ4v) is 3.56. The van der Waals surface area contributed by atoms with E-state index in [0.717, 1.165) is 18.4 Å². The predicted molar refractivity (Wildman–Crippen MR) is 109 cm³/mol. The van der Waals surface area contributed by atoms with Gasteiger partial charge in [-0.25, -0.2) is 4.79 Å². The van der Waals surface area contributed by atoms with Crippen molar-refractivity contribution >= 4 is 40.9 Å². The normalized spacial score (nSPS) is 15.2. The summed E-state index contributed by atoms with van der Waals surface area (Å²) in [4.78, 5) is 13.9. The van der Waals surface area contributed by atoms with Gasteiger partial charge in [0.25, 0.3) is 0 Å². The monoisotopic (exact) mass is 423 g/mol. The molecule has 0 radical (unpaired) electrons. The number of piperidine rings is 1. The van der Waals surface area contributed by atoms with E-state index < -0.39 is 5.60 Å². The van der Waals surface area contributed by atoms with Crippen molar-refractivity contribution in [3.63, 3.8) is 0 Å². The average molecular weight is 425 g/mol. The molecule has 0 atom stereocenters. The lowest BCUT2D eigenvalue weighted by atomic mass is 9.88. The fraction of sp³-hybridized carbons (Fsp3) is 0.632. The van der Waals surface area contributed by atoms with Crippen molar-refractivity contribution in [1.29, 1.82) is 0 Å². The third-order valence-electron chi connectivity index (χ3n) is 3.94. The van der Waals surface area contributed by atoms with Crippen molar-refractivity contribution < 1.29 is 14.3 Å². The molecule has 1 heterocycles. The van der Waals surface area contributed by atoms with E-state index in [-0.39, 0.29) is 12.0 Å². The van der Waals surface area contributed by atoms with Gasteiger partial charge < -0.3 is 14.4 Å². The highest BCUT2D eigenvalue weighted by molar-refractivity contribution is 6.48. The van der Waals surface area contributed by atoms with E-state index in [4.69, 9.17) is 44.3 Å². The average Bonchev–Trinajstić information content (AvgIpc) is 2.60. The summed E-state index contributed by atoms with van der Waals surface area (Å²) < 4.78 is 10.8. The summed E-state index contributed by atoms with van der Waals surface area (Å²) >= 11 is 18.6. The van der Waals surface area contributed by atoms with Crippen molar-refractivity contribution in [2.75, 3.05) is 20.2 Å². The van der Waals surface area contributed by atoms with Crippen LogP contribution in [-0.4, -0.2) is 36.8 Å². The Morgan fingerprint density at radius 2 is 1.65 bits per heavy atom. The number of amides is 1. The Balaban J connectivity index is 0.00000163. The van der Waals surface area contributed by atoms with Gasteiger partial charge in [-0.3, -0.25) is 0 Å². The Bertz CT molecular complexity index is 621. The van der Waals surface area contributed by atoms with Crippen LogP contribution < -0.4 is 4.74 Å². The molecule has 1 aromatic carbocycles. The molecule has 1 aliphatic rings. The van der Waals surface area contributed by atoms with Gasteiger partial charge in [-0.1, -0.05) is 48.7 Å². The van der Waals surface area contributed by atoms with Crippen LogP contribution in [0.25, 0.3) is 0 Å². The minimum atomic E-state index is -0.496. The van der Waals surface area contributed by atoms with Crippen molar-refractivity contribution in [3.05, 3.63) is 26.7 Å². The smallest absolute Gasteiger partial charge is 0.410 e. The molecular formula is C19H28Cl3NO3. The summed E-state index contributed by atoms with van der Waals surface area (Å²) in [6, 6.07) is 1.69. The first kappa shape index (κ1) is 23.2. The Hall–Kier alpha value is -0.840. The lowest BCUT2D eigenvalue weighted by Gasteiger charge is -2.34. The molecule has 1 fully saturated rings. The molecular weight excluding hydrogens is 397 g/mol. The Labute approximate surface area is 171 Å². The highest BCUT2D eigenvalue weighted by Crippen LogP contribution is 2.45. The van der Waals surface area contributed by atoms with Gasteiger partial charge in [0, 0.05) is 24.7 Å². The zero-order chi connectivity index (χ0) is 20.1. The standard InChI is InChI=1S/C17H22Cl3NO3.C2H6/c1-17(2,3)24-16(22)21-7-5-10(6-8-21)13-12(23-4)9-11(18)14(19)15(13)20;1-2/h9-10H,5-8H2,1-4H3;1-2H3. The van der Waals surface area contributed by atoms with E-state index in [1.165, 1.54) is 0 Å². The van der Waals surface area contributed by atoms with Crippen LogP contribution in [0.2, 0.25) is 15.1 Å². The van der Waals surface area contributed by atoms with Crippen LogP contribution in [0.3, 0.4) is 0 Å². The number of likely N-dealkylation sites (tertiary alicyclic amines) is 1. The predicted octanol–water partition coefficient (Wildman–Crippen LogP) is 6.80. The van der Waals surface area contributed by atoms with E-state index in [0.29, 0.717) is 33.9 Å². The van der Waals surface area contributed by atoms with Crippen LogP contribution in [-0.2, 0) is 4.74 Å². The summed E-state index contributed by atoms with van der Waals surface area (Å²) in [5.74, 6) is 0.783. The number of benzene rings is 1. The second-order valence-electron chi connectivity index (χ2n) is 6.84. The van der Waals surface area contributed by atoms with Crippen LogP contribution in [0.5, 0.6) is 5.75 Å². The van der Waals surface area contributed by atoms with Gasteiger partial charge in [0.05, 0.1) is 22.2 Å². The fourth-order valence-electron chi connectivity index (χ4n) is 2.81. The lowest BCUT2D eigenvalue weighted by Crippen LogP contribution is -2.41. The topological polar surface area (TPSA) is 38.8 Å². The molecule has 1 aliphatic heterocycles. The van der Waals surface area contributed by atoms with E-state index in [1.807, 2.05) is 34.6 Å². The zero-order valence-corrected chi connectivity index (χ0v) is 18.6. The molecule has 1 amide bonds. The number of ether oxygens (including phenoxy) is 2. The number of nitrogens with zero attached hydrogens (tertiary/aromatic N) is 1. The Kier molecular flexibility index (Phi) is 8.84. The number of carbonyl (C=O) groups excluding carboxylic acids is 1. The highest BCUT2D eigenvalue weighted by Gasteiger charge is 2.30. The maximum atomic E-state index is 12.2. The van der Waals surface area contributed by atoms with Crippen LogP contribution in [0, 0.1) is 0 Å². The van der Waals surface area contributed by atoms with E-state index in [2.05, 4.69) is 0 Å². The maximum Gasteiger partial charge on any atom is 0.410 e. The molecule has 0 N–H and O–H groups in total. The van der Waals surface area contributed by atoms with Gasteiger partial charge in [-0.2, -0.15) is 0 Å². The van der Waals surface area contributed by atoms with Crippen molar-refractivity contribution in [2.45, 2.75) is 59.0 Å². The molecule has 0 saturated carbocycles. The zero-order valence-electron chi connectivity index (χ0n) is 16.3. The number of rotatable bonds is 2. The van der Waals surface area contributed by atoms with Crippen LogP contribution in [0.4, 0.5) is 4.79 Å². The number of halogens is 3. The first-order valence-corrected chi connectivity index (χ1v) is 9.96. The van der Waals surface area contributed by atoms with Crippen molar-refractivity contribution in [1.82, 2.24) is 4.90 Å². The molecule has 0 spiro atoms. The largest absolute Gasteiger partial charge is 0.496 e. The van der Waals surface area contributed by atoms with Gasteiger partial charge in [0.15, 0.2) is 0 Å². The molecule has 2 rings (SSSR count). The van der Waals surface area contributed by atoms with Crippen LogP contribution in [0.15, 0.2) is 6.07 Å². The maximum absolute atomic E-state index is 12.2. The van der Waals surface area contributed by atoms with Crippen LogP contribution in [0.1, 0.15) is 58.9 Å². The lowest BCUT2D eigenvalue weighted by molar-refractivity contribution is 0.0204. The third-order valence-corrected chi connectivity index (χ3v) is 5.21. The van der Waals surface area contributed by atoms with Crippen molar-refractivity contribution in [3.8, 4) is 5.75 Å². The Morgan fingerprint density at radius 3 is 2.12 bits per heavy atom. The summed E-state index contributed by atoms with van der Waals surface area (Å²) in [5.41, 5.74) is 0.363. The van der Waals surface area contributed by atoms with Gasteiger partial charge in [0.2, 0.25) is 0 Å². The van der Waals surface area contributed by atoms with Crippen molar-refractivity contribution in [2.24, 2.45) is 0 Å². The molecule has 0 bridgehead atoms. The summed E-state index contributed by atoms with van der Waals surface area (Å²) in [7, 11) is 1.58. The molecule has 1 saturated heterocycles. The minimum absolute atomic E-state index is 0.154. The molecule has 1 aromatic rings. The highest BCUT2D eigenvalue weighted by atomic mass is 35.5. The SMILES string of the molecule is CC.COc1cc(Cl)c(Cl)c(Cl)c1C1CCN(C(=O)OC(C)(C)C)CC1. The van der Waals surface area contributed by atoms with E-state index in [1.54, 1.807) is 18.1 Å². The second kappa shape index (κ2) is 9.91. The molecule has 0 aliphatic carbocycles. The minimum Gasteiger partial charge on any atom is -0.496 e. The van der Waals surface area contributed by atoms with Gasteiger partial charge in [-0.15, -0.1) is 0 Å².